The van der Waals surface area contributed by atoms with Gasteiger partial charge in [0, 0.05) is 31.4 Å². The highest BCUT2D eigenvalue weighted by atomic mass is 16.5. The Hall–Kier alpha value is -1.82. The minimum atomic E-state index is -0.330. The number of carbonyl (C=O) groups is 2. The van der Waals surface area contributed by atoms with Crippen LogP contribution in [-0.4, -0.2) is 68.2 Å². The summed E-state index contributed by atoms with van der Waals surface area (Å²) in [6.07, 6.45) is 17.2. The van der Waals surface area contributed by atoms with Crippen molar-refractivity contribution < 1.29 is 19.1 Å². The summed E-state index contributed by atoms with van der Waals surface area (Å²) in [7, 11) is 2.23. The molecule has 2 saturated heterocycles. The molecular weight excluding hydrogens is 392 g/mol. The lowest BCUT2D eigenvalue weighted by Crippen LogP contribution is -2.31. The third kappa shape index (κ3) is 11.4. The normalized spacial score (nSPS) is 19.4. The van der Waals surface area contributed by atoms with E-state index in [9.17, 15) is 9.59 Å². The second kappa shape index (κ2) is 15.1. The highest BCUT2D eigenvalue weighted by Crippen LogP contribution is 2.27. The molecule has 0 unspecified atom stereocenters. The third-order valence-corrected chi connectivity index (χ3v) is 6.46. The molecule has 31 heavy (non-hydrogen) atoms. The van der Waals surface area contributed by atoms with Crippen LogP contribution in [0.5, 0.6) is 0 Å². The SMILES string of the molecule is C/C=C/C(=O)OCCCCOC(=O)/C=C/N1CCC(CCCC2CCN(C)CC2)CC1. The molecule has 6 nitrogen and oxygen atoms in total. The van der Waals surface area contributed by atoms with E-state index in [0.717, 1.165) is 24.9 Å². The van der Waals surface area contributed by atoms with E-state index in [1.165, 1.54) is 70.2 Å². The van der Waals surface area contributed by atoms with Crippen LogP contribution >= 0.6 is 0 Å². The molecule has 0 aromatic heterocycles. The lowest BCUT2D eigenvalue weighted by atomic mass is 9.87. The first-order chi connectivity index (χ1) is 15.1. The van der Waals surface area contributed by atoms with E-state index >= 15 is 0 Å². The molecule has 0 aliphatic carbocycles. The van der Waals surface area contributed by atoms with Crippen molar-refractivity contribution in [3.05, 3.63) is 24.4 Å². The molecule has 0 atom stereocenters. The molecule has 0 spiro atoms. The molecule has 0 N–H and O–H groups in total. The number of allylic oxidation sites excluding steroid dienone is 1. The van der Waals surface area contributed by atoms with Gasteiger partial charge in [0.1, 0.15) is 0 Å². The van der Waals surface area contributed by atoms with Gasteiger partial charge in [0.05, 0.1) is 13.2 Å². The van der Waals surface area contributed by atoms with Crippen molar-refractivity contribution in [2.45, 2.75) is 64.7 Å². The minimum Gasteiger partial charge on any atom is -0.463 e. The number of hydrogen-bond acceptors (Lipinski definition) is 6. The molecule has 2 fully saturated rings. The molecule has 0 saturated carbocycles. The Morgan fingerprint density at radius 1 is 0.806 bits per heavy atom. The molecule has 2 aliphatic heterocycles. The number of rotatable bonds is 12. The van der Waals surface area contributed by atoms with Crippen molar-refractivity contribution in [2.24, 2.45) is 11.8 Å². The van der Waals surface area contributed by atoms with Gasteiger partial charge >= 0.3 is 11.9 Å². The number of hydrogen-bond donors (Lipinski definition) is 0. The largest absolute Gasteiger partial charge is 0.463 e. The van der Waals surface area contributed by atoms with Crippen molar-refractivity contribution in [1.29, 1.82) is 0 Å². The first kappa shape index (κ1) is 25.4. The Morgan fingerprint density at radius 3 is 1.87 bits per heavy atom. The predicted molar refractivity (Wildman–Crippen MR) is 123 cm³/mol. The Bertz CT molecular complexity index is 574. The number of piperidine rings is 2. The van der Waals surface area contributed by atoms with E-state index in [4.69, 9.17) is 9.47 Å². The Labute approximate surface area is 188 Å². The first-order valence-electron chi connectivity index (χ1n) is 12.1. The zero-order chi connectivity index (χ0) is 22.3. The molecule has 176 valence electrons. The molecule has 0 bridgehead atoms. The molecule has 0 radical (unpaired) electrons. The minimum absolute atomic E-state index is 0.300. The van der Waals surface area contributed by atoms with E-state index < -0.39 is 0 Å². The van der Waals surface area contributed by atoms with Gasteiger partial charge in [-0.15, -0.1) is 0 Å². The Balaban J connectivity index is 1.47. The van der Waals surface area contributed by atoms with Gasteiger partial charge in [-0.3, -0.25) is 0 Å². The van der Waals surface area contributed by atoms with Crippen LogP contribution < -0.4 is 0 Å². The van der Waals surface area contributed by atoms with Gasteiger partial charge < -0.3 is 19.3 Å². The quantitative estimate of drug-likeness (QED) is 0.261. The van der Waals surface area contributed by atoms with Crippen molar-refractivity contribution in [1.82, 2.24) is 9.80 Å². The van der Waals surface area contributed by atoms with E-state index in [-0.39, 0.29) is 11.9 Å². The molecule has 0 aromatic rings. The summed E-state index contributed by atoms with van der Waals surface area (Å²) in [5.74, 6) is 1.15. The highest BCUT2D eigenvalue weighted by molar-refractivity contribution is 5.82. The smallest absolute Gasteiger partial charge is 0.332 e. The summed E-state index contributed by atoms with van der Waals surface area (Å²) in [5, 5.41) is 0. The van der Waals surface area contributed by atoms with Gasteiger partial charge in [0.2, 0.25) is 0 Å². The number of unbranched alkanes of at least 4 members (excludes halogenated alkanes) is 1. The van der Waals surface area contributed by atoms with Gasteiger partial charge in [0.25, 0.3) is 0 Å². The summed E-state index contributed by atoms with van der Waals surface area (Å²) in [4.78, 5) is 27.7. The molecule has 2 aliphatic rings. The lowest BCUT2D eigenvalue weighted by Gasteiger charge is -2.32. The monoisotopic (exact) mass is 434 g/mol. The molecule has 0 amide bonds. The average Bonchev–Trinajstić information content (AvgIpc) is 2.77. The van der Waals surface area contributed by atoms with Crippen LogP contribution in [0.4, 0.5) is 0 Å². The standard InChI is InChI=1S/C25H42N2O4/c1-3-7-24(28)30-20-4-5-21-31-25(29)14-19-27-17-12-23(13-18-27)9-6-8-22-10-15-26(2)16-11-22/h3,7,14,19,22-23H,4-6,8-13,15-18,20-21H2,1-2H3/b7-3+,19-14+. The van der Waals surface area contributed by atoms with Crippen LogP contribution in [0.1, 0.15) is 64.7 Å². The Morgan fingerprint density at radius 2 is 1.32 bits per heavy atom. The zero-order valence-corrected chi connectivity index (χ0v) is 19.6. The molecule has 2 rings (SSSR count). The van der Waals surface area contributed by atoms with Crippen molar-refractivity contribution in [3.63, 3.8) is 0 Å². The molecule has 6 heteroatoms. The highest BCUT2D eigenvalue weighted by Gasteiger charge is 2.19. The fourth-order valence-corrected chi connectivity index (χ4v) is 4.38. The maximum Gasteiger partial charge on any atom is 0.332 e. The zero-order valence-electron chi connectivity index (χ0n) is 19.6. The summed E-state index contributed by atoms with van der Waals surface area (Å²) in [6, 6.07) is 0. The van der Waals surface area contributed by atoms with Crippen molar-refractivity contribution in [3.8, 4) is 0 Å². The number of nitrogens with zero attached hydrogens (tertiary/aromatic N) is 2. The topological polar surface area (TPSA) is 59.1 Å². The van der Waals surface area contributed by atoms with Gasteiger partial charge in [-0.2, -0.15) is 0 Å². The molecule has 0 aromatic carbocycles. The number of esters is 2. The summed E-state index contributed by atoms with van der Waals surface area (Å²) in [5.41, 5.74) is 0. The third-order valence-electron chi connectivity index (χ3n) is 6.46. The van der Waals surface area contributed by atoms with E-state index in [2.05, 4.69) is 16.8 Å². The first-order valence-corrected chi connectivity index (χ1v) is 12.1. The Kier molecular flexibility index (Phi) is 12.4. The van der Waals surface area contributed by atoms with E-state index in [1.807, 2.05) is 6.20 Å². The van der Waals surface area contributed by atoms with E-state index in [1.54, 1.807) is 13.0 Å². The summed E-state index contributed by atoms with van der Waals surface area (Å²) in [6.45, 7) is 7.07. The van der Waals surface area contributed by atoms with Crippen LogP contribution in [0.15, 0.2) is 24.4 Å². The van der Waals surface area contributed by atoms with Crippen LogP contribution in [0.2, 0.25) is 0 Å². The summed E-state index contributed by atoms with van der Waals surface area (Å²) >= 11 is 0. The number of ether oxygens (including phenoxy) is 2. The van der Waals surface area contributed by atoms with Crippen molar-refractivity contribution >= 4 is 11.9 Å². The van der Waals surface area contributed by atoms with Crippen LogP contribution in [0.3, 0.4) is 0 Å². The maximum absolute atomic E-state index is 11.9. The lowest BCUT2D eigenvalue weighted by molar-refractivity contribution is -0.140. The maximum atomic E-state index is 11.9. The van der Waals surface area contributed by atoms with Crippen molar-refractivity contribution in [2.75, 3.05) is 46.4 Å². The van der Waals surface area contributed by atoms with Crippen LogP contribution in [0.25, 0.3) is 0 Å². The van der Waals surface area contributed by atoms with E-state index in [0.29, 0.717) is 26.1 Å². The van der Waals surface area contributed by atoms with Crippen LogP contribution in [0, 0.1) is 11.8 Å². The number of carbonyl (C=O) groups excluding carboxylic acids is 2. The van der Waals surface area contributed by atoms with Gasteiger partial charge in [-0.25, -0.2) is 9.59 Å². The van der Waals surface area contributed by atoms with Gasteiger partial charge in [-0.1, -0.05) is 25.3 Å². The average molecular weight is 435 g/mol. The summed E-state index contributed by atoms with van der Waals surface area (Å²) < 4.78 is 10.2. The molecule has 2 heterocycles. The predicted octanol–water partition coefficient (Wildman–Crippen LogP) is 4.17. The van der Waals surface area contributed by atoms with Crippen LogP contribution in [-0.2, 0) is 19.1 Å². The fourth-order valence-electron chi connectivity index (χ4n) is 4.38. The fraction of sp³-hybridized carbons (Fsp3) is 0.760. The van der Waals surface area contributed by atoms with Gasteiger partial charge in [-0.05, 0) is 77.4 Å². The second-order valence-corrected chi connectivity index (χ2v) is 9.01. The number of likely N-dealkylation sites (tertiary alicyclic amines) is 2. The molecular formula is C25H42N2O4. The second-order valence-electron chi connectivity index (χ2n) is 9.01. The van der Waals surface area contributed by atoms with Gasteiger partial charge in [0.15, 0.2) is 0 Å².